The number of carboxylic acid groups (broad SMARTS) is 1. The summed E-state index contributed by atoms with van der Waals surface area (Å²) < 4.78 is 1.51. The van der Waals surface area contributed by atoms with Gasteiger partial charge in [-0.25, -0.2) is 9.48 Å². The number of para-hydroxylation sites is 1. The Balaban J connectivity index is 2.55. The molecule has 1 aromatic heterocycles. The van der Waals surface area contributed by atoms with Gasteiger partial charge in [0.15, 0.2) is 0 Å². The molecule has 0 aliphatic rings. The molecule has 0 aliphatic carbocycles. The number of hydrogen-bond donors (Lipinski definition) is 2. The fourth-order valence-corrected chi connectivity index (χ4v) is 1.57. The molecule has 0 aliphatic heterocycles. The van der Waals surface area contributed by atoms with Crippen LogP contribution in [-0.4, -0.2) is 21.0 Å². The lowest BCUT2D eigenvalue weighted by atomic mass is 10.3. The summed E-state index contributed by atoms with van der Waals surface area (Å²) in [4.78, 5) is 22.1. The standard InChI is InChI=1S/C12H11N3O3/c1-8-7-10(16)11(13-12(17)18)14-15(8)9-5-3-2-4-6-9/h2-7H,1H3,(H,13,14)(H,17,18). The molecule has 0 unspecified atom stereocenters. The fraction of sp³-hybridized carbons (Fsp3) is 0.0833. The number of carbonyl (C=O) groups is 1. The lowest BCUT2D eigenvalue weighted by molar-refractivity contribution is 0.209. The van der Waals surface area contributed by atoms with Gasteiger partial charge >= 0.3 is 6.09 Å². The molecule has 0 atom stereocenters. The Morgan fingerprint density at radius 3 is 2.61 bits per heavy atom. The molecular weight excluding hydrogens is 234 g/mol. The topological polar surface area (TPSA) is 84.2 Å². The van der Waals surface area contributed by atoms with Crippen molar-refractivity contribution in [2.24, 2.45) is 0 Å². The number of anilines is 1. The summed E-state index contributed by atoms with van der Waals surface area (Å²) in [7, 11) is 0. The normalized spacial score (nSPS) is 10.1. The van der Waals surface area contributed by atoms with Crippen LogP contribution in [0.2, 0.25) is 0 Å². The van der Waals surface area contributed by atoms with Gasteiger partial charge in [-0.05, 0) is 19.1 Å². The molecule has 1 amide bonds. The second kappa shape index (κ2) is 4.70. The summed E-state index contributed by atoms with van der Waals surface area (Å²) >= 11 is 0. The van der Waals surface area contributed by atoms with E-state index in [1.54, 1.807) is 6.92 Å². The van der Waals surface area contributed by atoms with Crippen molar-refractivity contribution < 1.29 is 9.90 Å². The Hall–Kier alpha value is -2.63. The van der Waals surface area contributed by atoms with Gasteiger partial charge in [-0.2, -0.15) is 0 Å². The molecule has 6 nitrogen and oxygen atoms in total. The molecule has 92 valence electrons. The number of nitrogens with zero attached hydrogens (tertiary/aromatic N) is 2. The highest BCUT2D eigenvalue weighted by atomic mass is 16.4. The number of aromatic nitrogens is 2. The monoisotopic (exact) mass is 245 g/mol. The van der Waals surface area contributed by atoms with Gasteiger partial charge in [0.25, 0.3) is 0 Å². The van der Waals surface area contributed by atoms with Gasteiger partial charge in [-0.3, -0.25) is 10.1 Å². The lowest BCUT2D eigenvalue weighted by Crippen LogP contribution is -2.21. The number of aryl methyl sites for hydroxylation is 1. The van der Waals surface area contributed by atoms with Crippen molar-refractivity contribution >= 4 is 11.9 Å². The predicted octanol–water partition coefficient (Wildman–Crippen LogP) is 1.63. The van der Waals surface area contributed by atoms with Crippen LogP contribution in [0.3, 0.4) is 0 Å². The second-order valence-corrected chi connectivity index (χ2v) is 3.68. The van der Waals surface area contributed by atoms with Gasteiger partial charge in [0, 0.05) is 11.8 Å². The van der Waals surface area contributed by atoms with Gasteiger partial charge in [-0.1, -0.05) is 18.2 Å². The van der Waals surface area contributed by atoms with Crippen molar-refractivity contribution in [1.29, 1.82) is 0 Å². The average molecular weight is 245 g/mol. The summed E-state index contributed by atoms with van der Waals surface area (Å²) in [6.45, 7) is 1.73. The van der Waals surface area contributed by atoms with Crippen LogP contribution in [0.15, 0.2) is 41.2 Å². The molecule has 0 spiro atoms. The quantitative estimate of drug-likeness (QED) is 0.842. The molecule has 1 heterocycles. The first-order chi connectivity index (χ1) is 8.58. The highest BCUT2D eigenvalue weighted by Gasteiger charge is 2.09. The minimum atomic E-state index is -1.32. The van der Waals surface area contributed by atoms with E-state index in [0.717, 1.165) is 5.69 Å². The van der Waals surface area contributed by atoms with Crippen LogP contribution in [0.1, 0.15) is 5.69 Å². The third-order valence-electron chi connectivity index (χ3n) is 2.33. The summed E-state index contributed by atoms with van der Waals surface area (Å²) in [5.41, 5.74) is 0.924. The second-order valence-electron chi connectivity index (χ2n) is 3.68. The Labute approximate surface area is 103 Å². The maximum Gasteiger partial charge on any atom is 0.410 e. The first kappa shape index (κ1) is 11.8. The smallest absolute Gasteiger partial charge is 0.410 e. The molecule has 0 fully saturated rings. The maximum absolute atomic E-state index is 11.6. The molecule has 0 bridgehead atoms. The van der Waals surface area contributed by atoms with E-state index in [1.807, 2.05) is 35.6 Å². The molecular formula is C12H11N3O3. The van der Waals surface area contributed by atoms with E-state index < -0.39 is 11.5 Å². The molecule has 0 radical (unpaired) electrons. The number of benzene rings is 1. The molecule has 2 rings (SSSR count). The summed E-state index contributed by atoms with van der Waals surface area (Å²) in [6, 6.07) is 10.5. The van der Waals surface area contributed by atoms with Crippen molar-refractivity contribution in [1.82, 2.24) is 9.78 Å². The van der Waals surface area contributed by atoms with Crippen LogP contribution >= 0.6 is 0 Å². The van der Waals surface area contributed by atoms with Crippen molar-refractivity contribution in [3.8, 4) is 5.69 Å². The Kier molecular flexibility index (Phi) is 3.09. The van der Waals surface area contributed by atoms with Crippen LogP contribution in [0.25, 0.3) is 5.69 Å². The van der Waals surface area contributed by atoms with Gasteiger partial charge in [0.05, 0.1) is 5.69 Å². The summed E-state index contributed by atoms with van der Waals surface area (Å²) in [5, 5.41) is 14.6. The molecule has 2 aromatic rings. The van der Waals surface area contributed by atoms with E-state index in [4.69, 9.17) is 5.11 Å². The zero-order valence-electron chi connectivity index (χ0n) is 9.62. The summed E-state index contributed by atoms with van der Waals surface area (Å²) in [5.74, 6) is -0.211. The van der Waals surface area contributed by atoms with Crippen molar-refractivity contribution in [3.63, 3.8) is 0 Å². The minimum Gasteiger partial charge on any atom is -0.465 e. The Morgan fingerprint density at radius 1 is 1.33 bits per heavy atom. The SMILES string of the molecule is Cc1cc(=O)c(NC(=O)O)nn1-c1ccccc1. The van der Waals surface area contributed by atoms with Crippen LogP contribution in [-0.2, 0) is 0 Å². The van der Waals surface area contributed by atoms with Crippen LogP contribution < -0.4 is 10.7 Å². The Morgan fingerprint density at radius 2 is 2.00 bits per heavy atom. The third-order valence-corrected chi connectivity index (χ3v) is 2.33. The van der Waals surface area contributed by atoms with Crippen LogP contribution in [0.4, 0.5) is 10.6 Å². The minimum absolute atomic E-state index is 0.211. The van der Waals surface area contributed by atoms with Gasteiger partial charge < -0.3 is 5.11 Å². The number of hydrogen-bond acceptors (Lipinski definition) is 3. The zero-order chi connectivity index (χ0) is 13.1. The van der Waals surface area contributed by atoms with Crippen molar-refractivity contribution in [2.75, 3.05) is 5.32 Å². The molecule has 1 aromatic carbocycles. The third kappa shape index (κ3) is 2.37. The predicted molar refractivity (Wildman–Crippen MR) is 66.2 cm³/mol. The van der Waals surface area contributed by atoms with Crippen molar-refractivity contribution in [3.05, 3.63) is 52.3 Å². The van der Waals surface area contributed by atoms with Crippen LogP contribution in [0, 0.1) is 6.92 Å². The Bertz CT molecular complexity index is 635. The first-order valence-corrected chi connectivity index (χ1v) is 5.24. The number of nitrogens with one attached hydrogen (secondary N) is 1. The van der Waals surface area contributed by atoms with E-state index in [1.165, 1.54) is 10.7 Å². The average Bonchev–Trinajstić information content (AvgIpc) is 2.33. The molecule has 18 heavy (non-hydrogen) atoms. The highest BCUT2D eigenvalue weighted by Crippen LogP contribution is 2.08. The lowest BCUT2D eigenvalue weighted by Gasteiger charge is -2.10. The first-order valence-electron chi connectivity index (χ1n) is 5.24. The maximum atomic E-state index is 11.6. The van der Waals surface area contributed by atoms with E-state index in [0.29, 0.717) is 5.69 Å². The zero-order valence-corrected chi connectivity index (χ0v) is 9.62. The number of amides is 1. The fourth-order valence-electron chi connectivity index (χ4n) is 1.57. The molecule has 0 saturated carbocycles. The largest absolute Gasteiger partial charge is 0.465 e. The van der Waals surface area contributed by atoms with E-state index in [9.17, 15) is 9.59 Å². The number of rotatable bonds is 2. The highest BCUT2D eigenvalue weighted by molar-refractivity contribution is 5.81. The van der Waals surface area contributed by atoms with E-state index >= 15 is 0 Å². The summed E-state index contributed by atoms with van der Waals surface area (Å²) in [6.07, 6.45) is -1.32. The van der Waals surface area contributed by atoms with Gasteiger partial charge in [-0.15, -0.1) is 5.10 Å². The molecule has 0 saturated heterocycles. The van der Waals surface area contributed by atoms with E-state index in [2.05, 4.69) is 5.10 Å². The van der Waals surface area contributed by atoms with Crippen LogP contribution in [0.5, 0.6) is 0 Å². The molecule has 2 N–H and O–H groups in total. The van der Waals surface area contributed by atoms with E-state index in [-0.39, 0.29) is 5.82 Å². The van der Waals surface area contributed by atoms with Gasteiger partial charge in [0.1, 0.15) is 0 Å². The van der Waals surface area contributed by atoms with Gasteiger partial charge in [0.2, 0.25) is 11.2 Å². The van der Waals surface area contributed by atoms with Crippen molar-refractivity contribution in [2.45, 2.75) is 6.92 Å². The molecule has 6 heteroatoms.